The predicted molar refractivity (Wildman–Crippen MR) is 129 cm³/mol. The smallest absolute Gasteiger partial charge is 0.317 e. The van der Waals surface area contributed by atoms with Gasteiger partial charge < -0.3 is 9.46 Å². The number of esters is 1. The molecule has 180 valence electrons. The summed E-state index contributed by atoms with van der Waals surface area (Å²) in [6.45, 7) is 1.90. The Kier molecular flexibility index (Phi) is 8.75. The maximum atomic E-state index is 14.8. The molecule has 34 heavy (non-hydrogen) atoms. The fourth-order valence-corrected chi connectivity index (χ4v) is 5.83. The monoisotopic (exact) mass is 546 g/mol. The summed E-state index contributed by atoms with van der Waals surface area (Å²) in [6, 6.07) is 9.14. The van der Waals surface area contributed by atoms with Crippen LogP contribution in [0.2, 0.25) is 10.0 Å². The minimum Gasteiger partial charge on any atom is -0.465 e. The highest BCUT2D eigenvalue weighted by Gasteiger charge is 2.35. The minimum absolute atomic E-state index is 0.0321. The van der Waals surface area contributed by atoms with Gasteiger partial charge in [0.1, 0.15) is 28.5 Å². The van der Waals surface area contributed by atoms with Crippen LogP contribution in [0.15, 0.2) is 59.6 Å². The predicted octanol–water partition coefficient (Wildman–Crippen LogP) is 5.85. The lowest BCUT2D eigenvalue weighted by molar-refractivity contribution is -0.139. The van der Waals surface area contributed by atoms with Crippen LogP contribution in [0.1, 0.15) is 23.3 Å². The molecule has 0 amide bonds. The molecule has 0 bridgehead atoms. The lowest BCUT2D eigenvalue weighted by Gasteiger charge is -2.21. The van der Waals surface area contributed by atoms with Crippen LogP contribution in [0.25, 0.3) is 0 Å². The minimum atomic E-state index is -4.33. The van der Waals surface area contributed by atoms with Gasteiger partial charge in [-0.25, -0.2) is 22.2 Å². The summed E-state index contributed by atoms with van der Waals surface area (Å²) in [5.74, 6) is -2.09. The zero-order valence-corrected chi connectivity index (χ0v) is 20.7. The van der Waals surface area contributed by atoms with Crippen LogP contribution in [0.3, 0.4) is 0 Å². The molecule has 0 aliphatic heterocycles. The third kappa shape index (κ3) is 6.18. The number of halogens is 4. The van der Waals surface area contributed by atoms with Gasteiger partial charge in [0.25, 0.3) is 0 Å². The van der Waals surface area contributed by atoms with E-state index in [1.165, 1.54) is 36.5 Å². The summed E-state index contributed by atoms with van der Waals surface area (Å²) >= 11 is 13.1. The molecule has 1 heterocycles. The molecule has 0 aliphatic rings. The fourth-order valence-electron chi connectivity index (χ4n) is 3.06. The van der Waals surface area contributed by atoms with Gasteiger partial charge in [-0.3, -0.25) is 4.79 Å². The molecule has 1 N–H and O–H groups in total. The molecule has 2 aromatic carbocycles. The SMILES string of the molecule is CCOC(=O)CSNc1cc(C(c2cc(F)ccc2F)S(=O)(=O)c2ccc(Cl)cc2)c(Cl)cn1. The summed E-state index contributed by atoms with van der Waals surface area (Å²) in [5, 5.41) is -1.47. The van der Waals surface area contributed by atoms with Crippen molar-refractivity contribution in [1.29, 1.82) is 0 Å². The number of nitrogens with zero attached hydrogens (tertiary/aromatic N) is 1. The van der Waals surface area contributed by atoms with Gasteiger partial charge in [-0.2, -0.15) is 0 Å². The van der Waals surface area contributed by atoms with Crippen LogP contribution in [-0.2, 0) is 19.4 Å². The number of rotatable bonds is 9. The van der Waals surface area contributed by atoms with Crippen molar-refractivity contribution in [3.8, 4) is 0 Å². The largest absolute Gasteiger partial charge is 0.465 e. The highest BCUT2D eigenvalue weighted by atomic mass is 35.5. The highest BCUT2D eigenvalue weighted by molar-refractivity contribution is 8.01. The van der Waals surface area contributed by atoms with Crippen LogP contribution in [0, 0.1) is 11.6 Å². The molecule has 3 rings (SSSR count). The van der Waals surface area contributed by atoms with Crippen LogP contribution < -0.4 is 4.72 Å². The Bertz CT molecular complexity index is 1290. The van der Waals surface area contributed by atoms with Crippen LogP contribution >= 0.6 is 35.1 Å². The normalized spacial score (nSPS) is 12.3. The molecule has 1 unspecified atom stereocenters. The third-order valence-corrected chi connectivity index (χ3v) is 7.89. The number of sulfone groups is 1. The molecular weight excluding hydrogens is 529 g/mol. The zero-order valence-electron chi connectivity index (χ0n) is 17.6. The molecule has 0 saturated carbocycles. The van der Waals surface area contributed by atoms with Gasteiger partial charge in [0.05, 0.1) is 16.5 Å². The summed E-state index contributed by atoms with van der Waals surface area (Å²) in [5.41, 5.74) is -0.455. The van der Waals surface area contributed by atoms with Crippen molar-refractivity contribution >= 4 is 56.8 Å². The molecule has 12 heteroatoms. The van der Waals surface area contributed by atoms with E-state index in [2.05, 4.69) is 9.71 Å². The number of carbonyl (C=O) groups excluding carboxylic acids is 1. The van der Waals surface area contributed by atoms with E-state index in [0.717, 1.165) is 30.1 Å². The molecule has 1 atom stereocenters. The molecule has 0 saturated heterocycles. The average Bonchev–Trinajstić information content (AvgIpc) is 2.78. The van der Waals surface area contributed by atoms with Crippen molar-refractivity contribution in [2.75, 3.05) is 17.1 Å². The molecule has 3 aromatic rings. The Hall–Kier alpha value is -2.40. The van der Waals surface area contributed by atoms with Gasteiger partial charge in [0.15, 0.2) is 9.84 Å². The number of anilines is 1. The quantitative estimate of drug-likeness (QED) is 0.266. The van der Waals surface area contributed by atoms with Crippen molar-refractivity contribution in [1.82, 2.24) is 4.98 Å². The molecule has 1 aromatic heterocycles. The Morgan fingerprint density at radius 2 is 1.82 bits per heavy atom. The Morgan fingerprint density at radius 1 is 1.12 bits per heavy atom. The molecule has 0 spiro atoms. The van der Waals surface area contributed by atoms with Crippen LogP contribution in [0.4, 0.5) is 14.6 Å². The number of aromatic nitrogens is 1. The van der Waals surface area contributed by atoms with Crippen molar-refractivity contribution in [3.05, 3.63) is 87.5 Å². The van der Waals surface area contributed by atoms with E-state index in [0.29, 0.717) is 5.02 Å². The van der Waals surface area contributed by atoms with Crippen molar-refractivity contribution in [2.24, 2.45) is 0 Å². The summed E-state index contributed by atoms with van der Waals surface area (Å²) in [7, 11) is -4.33. The first kappa shape index (κ1) is 26.2. The Morgan fingerprint density at radius 3 is 2.50 bits per heavy atom. The van der Waals surface area contributed by atoms with Gasteiger partial charge in [0.2, 0.25) is 0 Å². The summed E-state index contributed by atoms with van der Waals surface area (Å²) in [4.78, 5) is 15.4. The number of carbonyl (C=O) groups is 1. The first-order valence-corrected chi connectivity index (χ1v) is 13.1. The average molecular weight is 547 g/mol. The number of hydrogen-bond acceptors (Lipinski definition) is 7. The highest BCUT2D eigenvalue weighted by Crippen LogP contribution is 2.40. The van der Waals surface area contributed by atoms with E-state index in [4.69, 9.17) is 27.9 Å². The summed E-state index contributed by atoms with van der Waals surface area (Å²) in [6.07, 6.45) is 1.19. The van der Waals surface area contributed by atoms with E-state index in [9.17, 15) is 22.0 Å². The van der Waals surface area contributed by atoms with Crippen molar-refractivity contribution < 1.29 is 26.7 Å². The van der Waals surface area contributed by atoms with Crippen molar-refractivity contribution in [3.63, 3.8) is 0 Å². The van der Waals surface area contributed by atoms with Crippen LogP contribution in [-0.4, -0.2) is 31.7 Å². The number of hydrogen-bond donors (Lipinski definition) is 1. The van der Waals surface area contributed by atoms with Gasteiger partial charge in [-0.1, -0.05) is 23.2 Å². The van der Waals surface area contributed by atoms with E-state index < -0.39 is 38.3 Å². The standard InChI is InChI=1S/C22H18Cl2F2N2O4S2/c1-2-32-21(29)12-33-28-20-10-16(18(24)11-27-20)22(17-9-14(25)5-8-19(17)26)34(30,31)15-6-3-13(23)4-7-15/h3-11,22H,2,12H2,1H3,(H,27,28). The fraction of sp³-hybridized carbons (Fsp3) is 0.182. The van der Waals surface area contributed by atoms with E-state index in [-0.39, 0.29) is 33.7 Å². The Balaban J connectivity index is 2.09. The molecular formula is C22H18Cl2F2N2O4S2. The number of benzene rings is 2. The maximum absolute atomic E-state index is 14.8. The van der Waals surface area contributed by atoms with Crippen molar-refractivity contribution in [2.45, 2.75) is 17.1 Å². The van der Waals surface area contributed by atoms with Crippen LogP contribution in [0.5, 0.6) is 0 Å². The first-order valence-electron chi connectivity index (χ1n) is 9.76. The Labute approximate surface area is 209 Å². The second-order valence-electron chi connectivity index (χ2n) is 6.83. The summed E-state index contributed by atoms with van der Waals surface area (Å²) < 4.78 is 63.8. The second-order valence-corrected chi connectivity index (χ2v) is 10.5. The van der Waals surface area contributed by atoms with Gasteiger partial charge in [0, 0.05) is 16.8 Å². The number of nitrogens with one attached hydrogen (secondary N) is 1. The van der Waals surface area contributed by atoms with Gasteiger partial charge in [-0.05, 0) is 73.0 Å². The molecule has 0 radical (unpaired) electrons. The number of pyridine rings is 1. The first-order chi connectivity index (χ1) is 16.1. The lowest BCUT2D eigenvalue weighted by Crippen LogP contribution is -2.18. The molecule has 0 aliphatic carbocycles. The van der Waals surface area contributed by atoms with E-state index in [1.54, 1.807) is 6.92 Å². The van der Waals surface area contributed by atoms with E-state index in [1.807, 2.05) is 0 Å². The van der Waals surface area contributed by atoms with Gasteiger partial charge in [-0.15, -0.1) is 0 Å². The maximum Gasteiger partial charge on any atom is 0.317 e. The number of ether oxygens (including phenoxy) is 1. The molecule has 0 fully saturated rings. The third-order valence-electron chi connectivity index (χ3n) is 4.53. The van der Waals surface area contributed by atoms with E-state index >= 15 is 0 Å². The van der Waals surface area contributed by atoms with Gasteiger partial charge >= 0.3 is 5.97 Å². The second kappa shape index (κ2) is 11.4. The lowest BCUT2D eigenvalue weighted by atomic mass is 10.0. The molecule has 6 nitrogen and oxygen atoms in total. The topological polar surface area (TPSA) is 85.4 Å². The zero-order chi connectivity index (χ0) is 24.9.